The van der Waals surface area contributed by atoms with E-state index in [4.69, 9.17) is 22.6 Å². The average molecular weight is 195 g/mol. The van der Waals surface area contributed by atoms with Gasteiger partial charge in [-0.1, -0.05) is 23.7 Å². The van der Waals surface area contributed by atoms with Crippen molar-refractivity contribution in [2.45, 2.75) is 12.3 Å². The van der Waals surface area contributed by atoms with Crippen molar-refractivity contribution in [3.05, 3.63) is 34.9 Å². The number of nitriles is 1. The van der Waals surface area contributed by atoms with Crippen molar-refractivity contribution in [1.29, 1.82) is 5.26 Å². The molecule has 1 rings (SSSR count). The van der Waals surface area contributed by atoms with Crippen LogP contribution in [0.1, 0.15) is 17.9 Å². The van der Waals surface area contributed by atoms with Gasteiger partial charge in [-0.15, -0.1) is 0 Å². The van der Waals surface area contributed by atoms with Gasteiger partial charge in [0.15, 0.2) is 0 Å². The highest BCUT2D eigenvalue weighted by Gasteiger charge is 2.08. The zero-order valence-corrected chi connectivity index (χ0v) is 7.96. The van der Waals surface area contributed by atoms with Gasteiger partial charge in [-0.25, -0.2) is 0 Å². The highest BCUT2D eigenvalue weighted by atomic mass is 35.5. The third kappa shape index (κ3) is 2.73. The molecular formula is C10H11ClN2. The molecule has 0 aromatic heterocycles. The zero-order chi connectivity index (χ0) is 9.68. The summed E-state index contributed by atoms with van der Waals surface area (Å²) in [6, 6.07) is 9.58. The van der Waals surface area contributed by atoms with Gasteiger partial charge in [0, 0.05) is 23.9 Å². The Balaban J connectivity index is 2.80. The fraction of sp³-hybridized carbons (Fsp3) is 0.300. The van der Waals surface area contributed by atoms with E-state index in [1.165, 1.54) is 0 Å². The van der Waals surface area contributed by atoms with Crippen LogP contribution in [-0.4, -0.2) is 6.54 Å². The maximum Gasteiger partial charge on any atom is 0.0628 e. The smallest absolute Gasteiger partial charge is 0.0628 e. The Hall–Kier alpha value is -1.04. The first-order valence-electron chi connectivity index (χ1n) is 4.10. The summed E-state index contributed by atoms with van der Waals surface area (Å²) in [6.07, 6.45) is 0.456. The van der Waals surface area contributed by atoms with Crippen molar-refractivity contribution in [3.63, 3.8) is 0 Å². The molecule has 13 heavy (non-hydrogen) atoms. The van der Waals surface area contributed by atoms with Crippen molar-refractivity contribution in [2.75, 3.05) is 6.54 Å². The lowest BCUT2D eigenvalue weighted by Gasteiger charge is -2.10. The van der Waals surface area contributed by atoms with Crippen LogP contribution in [0.3, 0.4) is 0 Å². The molecule has 0 spiro atoms. The molecule has 0 fully saturated rings. The van der Waals surface area contributed by atoms with Gasteiger partial charge in [-0.3, -0.25) is 0 Å². The molecule has 1 aromatic carbocycles. The lowest BCUT2D eigenvalue weighted by atomic mass is 9.97. The average Bonchev–Trinajstić information content (AvgIpc) is 2.16. The highest BCUT2D eigenvalue weighted by Crippen LogP contribution is 2.19. The molecule has 0 amide bonds. The summed E-state index contributed by atoms with van der Waals surface area (Å²) in [4.78, 5) is 0. The molecule has 1 atom stereocenters. The van der Waals surface area contributed by atoms with E-state index in [2.05, 4.69) is 6.07 Å². The second-order valence-corrected chi connectivity index (χ2v) is 3.28. The minimum Gasteiger partial charge on any atom is -0.330 e. The van der Waals surface area contributed by atoms with Gasteiger partial charge in [-0.05, 0) is 17.7 Å². The van der Waals surface area contributed by atoms with E-state index in [0.29, 0.717) is 18.0 Å². The molecular weight excluding hydrogens is 184 g/mol. The highest BCUT2D eigenvalue weighted by molar-refractivity contribution is 6.30. The number of halogens is 1. The Morgan fingerprint density at radius 2 is 2.00 bits per heavy atom. The summed E-state index contributed by atoms with van der Waals surface area (Å²) in [5, 5.41) is 9.26. The van der Waals surface area contributed by atoms with E-state index in [1.54, 1.807) is 0 Å². The number of nitrogens with two attached hydrogens (primary N) is 1. The lowest BCUT2D eigenvalue weighted by molar-refractivity contribution is 0.717. The molecule has 0 unspecified atom stereocenters. The zero-order valence-electron chi connectivity index (χ0n) is 7.20. The Bertz CT molecular complexity index is 300. The summed E-state index contributed by atoms with van der Waals surface area (Å²) >= 11 is 5.74. The van der Waals surface area contributed by atoms with Crippen LogP contribution >= 0.6 is 11.6 Å². The van der Waals surface area contributed by atoms with Crippen LogP contribution in [0.4, 0.5) is 0 Å². The van der Waals surface area contributed by atoms with Crippen LogP contribution in [0.25, 0.3) is 0 Å². The number of nitrogens with zero attached hydrogens (tertiary/aromatic N) is 1. The largest absolute Gasteiger partial charge is 0.330 e. The normalized spacial score (nSPS) is 12.1. The van der Waals surface area contributed by atoms with E-state index in [0.717, 1.165) is 5.56 Å². The van der Waals surface area contributed by atoms with Crippen molar-refractivity contribution >= 4 is 11.6 Å². The van der Waals surface area contributed by atoms with E-state index in [-0.39, 0.29) is 5.92 Å². The Morgan fingerprint density at radius 3 is 2.46 bits per heavy atom. The second kappa shape index (κ2) is 4.86. The predicted octanol–water partition coefficient (Wildman–Crippen LogP) is 2.30. The van der Waals surface area contributed by atoms with Crippen molar-refractivity contribution < 1.29 is 0 Å². The number of benzene rings is 1. The molecule has 2 N–H and O–H groups in total. The molecule has 0 aliphatic heterocycles. The summed E-state index contributed by atoms with van der Waals surface area (Å²) in [5.74, 6) is 0.127. The van der Waals surface area contributed by atoms with Gasteiger partial charge >= 0.3 is 0 Å². The molecule has 0 saturated heterocycles. The second-order valence-electron chi connectivity index (χ2n) is 2.85. The predicted molar refractivity (Wildman–Crippen MR) is 53.5 cm³/mol. The molecule has 0 bridgehead atoms. The Labute approximate surface area is 82.9 Å². The molecule has 0 aliphatic rings. The lowest BCUT2D eigenvalue weighted by Crippen LogP contribution is -2.11. The van der Waals surface area contributed by atoms with E-state index < -0.39 is 0 Å². The van der Waals surface area contributed by atoms with Crippen LogP contribution in [0.15, 0.2) is 24.3 Å². The molecule has 3 heteroatoms. The van der Waals surface area contributed by atoms with Gasteiger partial charge in [0.2, 0.25) is 0 Å². The minimum atomic E-state index is 0.127. The van der Waals surface area contributed by atoms with Crippen LogP contribution < -0.4 is 5.73 Å². The van der Waals surface area contributed by atoms with Crippen LogP contribution in [0, 0.1) is 11.3 Å². The van der Waals surface area contributed by atoms with Crippen LogP contribution in [0.5, 0.6) is 0 Å². The van der Waals surface area contributed by atoms with Crippen molar-refractivity contribution in [2.24, 2.45) is 5.73 Å². The third-order valence-corrected chi connectivity index (χ3v) is 2.22. The Kier molecular flexibility index (Phi) is 3.75. The summed E-state index contributed by atoms with van der Waals surface area (Å²) in [5.41, 5.74) is 6.62. The number of hydrogen-bond acceptors (Lipinski definition) is 2. The first kappa shape index (κ1) is 10.0. The molecule has 0 heterocycles. The summed E-state index contributed by atoms with van der Waals surface area (Å²) in [6.45, 7) is 0.495. The molecule has 1 aromatic rings. The van der Waals surface area contributed by atoms with Crippen molar-refractivity contribution in [3.8, 4) is 6.07 Å². The topological polar surface area (TPSA) is 49.8 Å². The quantitative estimate of drug-likeness (QED) is 0.803. The SMILES string of the molecule is N#CC[C@@H](CN)c1ccc(Cl)cc1. The van der Waals surface area contributed by atoms with E-state index >= 15 is 0 Å². The maximum absolute atomic E-state index is 8.55. The molecule has 68 valence electrons. The first-order valence-corrected chi connectivity index (χ1v) is 4.48. The van der Waals surface area contributed by atoms with Gasteiger partial charge in [0.05, 0.1) is 6.07 Å². The fourth-order valence-electron chi connectivity index (χ4n) is 1.18. The molecule has 0 saturated carbocycles. The first-order chi connectivity index (χ1) is 6.27. The molecule has 0 radical (unpaired) electrons. The third-order valence-electron chi connectivity index (χ3n) is 1.96. The standard InChI is InChI=1S/C10H11ClN2/c11-10-3-1-8(2-4-10)9(7-13)5-6-12/h1-4,9H,5,7,13H2/t9-/m0/s1. The number of hydrogen-bond donors (Lipinski definition) is 1. The Morgan fingerprint density at radius 1 is 1.38 bits per heavy atom. The van der Waals surface area contributed by atoms with Gasteiger partial charge in [-0.2, -0.15) is 5.26 Å². The monoisotopic (exact) mass is 194 g/mol. The summed E-state index contributed by atoms with van der Waals surface area (Å²) < 4.78 is 0. The van der Waals surface area contributed by atoms with Gasteiger partial charge in [0.1, 0.15) is 0 Å². The summed E-state index contributed by atoms with van der Waals surface area (Å²) in [7, 11) is 0. The van der Waals surface area contributed by atoms with Crippen LogP contribution in [-0.2, 0) is 0 Å². The minimum absolute atomic E-state index is 0.127. The number of rotatable bonds is 3. The van der Waals surface area contributed by atoms with Gasteiger partial charge < -0.3 is 5.73 Å². The fourth-order valence-corrected chi connectivity index (χ4v) is 1.31. The van der Waals surface area contributed by atoms with Gasteiger partial charge in [0.25, 0.3) is 0 Å². The maximum atomic E-state index is 8.55. The van der Waals surface area contributed by atoms with Crippen molar-refractivity contribution in [1.82, 2.24) is 0 Å². The molecule has 2 nitrogen and oxygen atoms in total. The van der Waals surface area contributed by atoms with E-state index in [1.807, 2.05) is 24.3 Å². The van der Waals surface area contributed by atoms with E-state index in [9.17, 15) is 0 Å². The molecule has 0 aliphatic carbocycles. The van der Waals surface area contributed by atoms with Crippen LogP contribution in [0.2, 0.25) is 5.02 Å².